The normalized spacial score (nSPS) is 23.2. The first-order valence-corrected chi connectivity index (χ1v) is 7.81. The zero-order valence-electron chi connectivity index (χ0n) is 9.03. The van der Waals surface area contributed by atoms with Crippen LogP contribution in [-0.4, -0.2) is 26.0 Å². The summed E-state index contributed by atoms with van der Waals surface area (Å²) in [5.74, 6) is 0.543. The first kappa shape index (κ1) is 11.9. The van der Waals surface area contributed by atoms with Crippen molar-refractivity contribution in [1.82, 2.24) is 0 Å². The van der Waals surface area contributed by atoms with Crippen molar-refractivity contribution in [1.29, 1.82) is 0 Å². The SMILES string of the molecule is Cc1ccc(NC2CCS(=O)(=O)C2)c(Br)c1. The molecule has 0 radical (unpaired) electrons. The molecule has 1 saturated heterocycles. The molecule has 1 aromatic carbocycles. The zero-order chi connectivity index (χ0) is 11.8. The van der Waals surface area contributed by atoms with Crippen LogP contribution in [0, 0.1) is 6.92 Å². The van der Waals surface area contributed by atoms with Crippen molar-refractivity contribution < 1.29 is 8.42 Å². The van der Waals surface area contributed by atoms with E-state index in [-0.39, 0.29) is 11.8 Å². The lowest BCUT2D eigenvalue weighted by Crippen LogP contribution is -2.20. The van der Waals surface area contributed by atoms with Gasteiger partial charge in [-0.15, -0.1) is 0 Å². The first-order chi connectivity index (χ1) is 7.46. The fourth-order valence-electron chi connectivity index (χ4n) is 1.87. The molecule has 88 valence electrons. The van der Waals surface area contributed by atoms with Gasteiger partial charge in [-0.3, -0.25) is 0 Å². The van der Waals surface area contributed by atoms with Crippen LogP contribution in [0.2, 0.25) is 0 Å². The molecular formula is C11H14BrNO2S. The van der Waals surface area contributed by atoms with Crippen molar-refractivity contribution in [3.05, 3.63) is 28.2 Å². The molecule has 1 unspecified atom stereocenters. The summed E-state index contributed by atoms with van der Waals surface area (Å²) in [6.07, 6.45) is 0.697. The van der Waals surface area contributed by atoms with Crippen molar-refractivity contribution in [2.24, 2.45) is 0 Å². The van der Waals surface area contributed by atoms with E-state index in [2.05, 4.69) is 21.2 Å². The summed E-state index contributed by atoms with van der Waals surface area (Å²) < 4.78 is 23.6. The summed E-state index contributed by atoms with van der Waals surface area (Å²) in [4.78, 5) is 0. The molecule has 1 heterocycles. The average Bonchev–Trinajstić information content (AvgIpc) is 2.51. The molecule has 0 bridgehead atoms. The standard InChI is InChI=1S/C11H14BrNO2S/c1-8-2-3-11(10(12)6-8)13-9-4-5-16(14,15)7-9/h2-3,6,9,13H,4-5,7H2,1H3. The van der Waals surface area contributed by atoms with Gasteiger partial charge in [0.05, 0.1) is 11.5 Å². The van der Waals surface area contributed by atoms with Crippen molar-refractivity contribution in [3.8, 4) is 0 Å². The summed E-state index contributed by atoms with van der Waals surface area (Å²) in [5, 5.41) is 3.27. The second-order valence-corrected chi connectivity index (χ2v) is 7.31. The molecule has 5 heteroatoms. The van der Waals surface area contributed by atoms with Crippen LogP contribution in [0.3, 0.4) is 0 Å². The van der Waals surface area contributed by atoms with Crippen molar-refractivity contribution >= 4 is 31.5 Å². The van der Waals surface area contributed by atoms with Gasteiger partial charge in [0.1, 0.15) is 0 Å². The Kier molecular flexibility index (Phi) is 3.26. The van der Waals surface area contributed by atoms with Crippen LogP contribution in [0.1, 0.15) is 12.0 Å². The summed E-state index contributed by atoms with van der Waals surface area (Å²) >= 11 is 3.47. The second kappa shape index (κ2) is 4.37. The molecule has 3 nitrogen and oxygen atoms in total. The van der Waals surface area contributed by atoms with Gasteiger partial charge in [0.2, 0.25) is 0 Å². The quantitative estimate of drug-likeness (QED) is 0.912. The number of hydrogen-bond donors (Lipinski definition) is 1. The van der Waals surface area contributed by atoms with Crippen molar-refractivity contribution in [2.75, 3.05) is 16.8 Å². The Morgan fingerprint density at radius 3 is 2.75 bits per heavy atom. The largest absolute Gasteiger partial charge is 0.380 e. The fourth-order valence-corrected chi connectivity index (χ4v) is 4.15. The van der Waals surface area contributed by atoms with E-state index in [1.54, 1.807) is 0 Å². The second-order valence-electron chi connectivity index (χ2n) is 4.23. The van der Waals surface area contributed by atoms with E-state index >= 15 is 0 Å². The van der Waals surface area contributed by atoms with Crippen LogP contribution >= 0.6 is 15.9 Å². The molecule has 1 aromatic rings. The molecule has 1 atom stereocenters. The first-order valence-electron chi connectivity index (χ1n) is 5.19. The third-order valence-electron chi connectivity index (χ3n) is 2.72. The fraction of sp³-hybridized carbons (Fsp3) is 0.455. The topological polar surface area (TPSA) is 46.2 Å². The zero-order valence-corrected chi connectivity index (χ0v) is 11.4. The van der Waals surface area contributed by atoms with E-state index in [4.69, 9.17) is 0 Å². The minimum absolute atomic E-state index is 0.0454. The van der Waals surface area contributed by atoms with Crippen LogP contribution in [0.4, 0.5) is 5.69 Å². The van der Waals surface area contributed by atoms with E-state index in [0.717, 1.165) is 10.2 Å². The number of sulfone groups is 1. The number of hydrogen-bond acceptors (Lipinski definition) is 3. The molecule has 0 spiro atoms. The minimum Gasteiger partial charge on any atom is -0.380 e. The number of anilines is 1. The van der Waals surface area contributed by atoms with Gasteiger partial charge in [0, 0.05) is 16.2 Å². The Morgan fingerprint density at radius 2 is 2.19 bits per heavy atom. The molecular weight excluding hydrogens is 290 g/mol. The Balaban J connectivity index is 2.11. The average molecular weight is 304 g/mol. The highest BCUT2D eigenvalue weighted by Crippen LogP contribution is 2.26. The smallest absolute Gasteiger partial charge is 0.152 e. The highest BCUT2D eigenvalue weighted by atomic mass is 79.9. The Labute approximate surface area is 104 Å². The number of aryl methyl sites for hydroxylation is 1. The molecule has 1 N–H and O–H groups in total. The lowest BCUT2D eigenvalue weighted by atomic mass is 10.2. The van der Waals surface area contributed by atoms with Gasteiger partial charge in [-0.05, 0) is 47.0 Å². The summed E-state index contributed by atoms with van der Waals surface area (Å²) in [6, 6.07) is 6.05. The van der Waals surface area contributed by atoms with Gasteiger partial charge in [-0.25, -0.2) is 8.42 Å². The van der Waals surface area contributed by atoms with E-state index in [1.165, 1.54) is 5.56 Å². The molecule has 0 saturated carbocycles. The Hall–Kier alpha value is -0.550. The van der Waals surface area contributed by atoms with Crippen molar-refractivity contribution in [2.45, 2.75) is 19.4 Å². The van der Waals surface area contributed by atoms with Crippen LogP contribution in [0.5, 0.6) is 0 Å². The van der Waals surface area contributed by atoms with Crippen LogP contribution < -0.4 is 5.32 Å². The third kappa shape index (κ3) is 2.77. The molecule has 1 aliphatic rings. The molecule has 1 fully saturated rings. The number of rotatable bonds is 2. The minimum atomic E-state index is -2.81. The van der Waals surface area contributed by atoms with Gasteiger partial charge in [0.15, 0.2) is 9.84 Å². The molecule has 0 aliphatic carbocycles. The van der Waals surface area contributed by atoms with E-state index in [1.807, 2.05) is 25.1 Å². The van der Waals surface area contributed by atoms with Crippen LogP contribution in [0.15, 0.2) is 22.7 Å². The van der Waals surface area contributed by atoms with Gasteiger partial charge in [-0.1, -0.05) is 6.07 Å². The molecule has 0 aromatic heterocycles. The van der Waals surface area contributed by atoms with Gasteiger partial charge in [-0.2, -0.15) is 0 Å². The van der Waals surface area contributed by atoms with Gasteiger partial charge < -0.3 is 5.32 Å². The lowest BCUT2D eigenvalue weighted by molar-refractivity contribution is 0.602. The number of nitrogens with one attached hydrogen (secondary N) is 1. The highest BCUT2D eigenvalue weighted by Gasteiger charge is 2.27. The lowest BCUT2D eigenvalue weighted by Gasteiger charge is -2.14. The molecule has 1 aliphatic heterocycles. The molecule has 2 rings (SSSR count). The van der Waals surface area contributed by atoms with Gasteiger partial charge in [0.25, 0.3) is 0 Å². The van der Waals surface area contributed by atoms with Crippen LogP contribution in [-0.2, 0) is 9.84 Å². The maximum Gasteiger partial charge on any atom is 0.152 e. The van der Waals surface area contributed by atoms with E-state index < -0.39 is 9.84 Å². The Morgan fingerprint density at radius 1 is 1.44 bits per heavy atom. The predicted octanol–water partition coefficient (Wildman–Crippen LogP) is 2.36. The van der Waals surface area contributed by atoms with Crippen molar-refractivity contribution in [3.63, 3.8) is 0 Å². The molecule has 16 heavy (non-hydrogen) atoms. The summed E-state index contributed by atoms with van der Waals surface area (Å²) in [6.45, 7) is 2.02. The maximum atomic E-state index is 11.3. The highest BCUT2D eigenvalue weighted by molar-refractivity contribution is 9.10. The van der Waals surface area contributed by atoms with E-state index in [0.29, 0.717) is 12.2 Å². The molecule has 0 amide bonds. The third-order valence-corrected chi connectivity index (χ3v) is 5.14. The van der Waals surface area contributed by atoms with E-state index in [9.17, 15) is 8.42 Å². The maximum absolute atomic E-state index is 11.3. The number of benzene rings is 1. The van der Waals surface area contributed by atoms with Gasteiger partial charge >= 0.3 is 0 Å². The monoisotopic (exact) mass is 303 g/mol. The Bertz CT molecular complexity index is 499. The van der Waals surface area contributed by atoms with Crippen LogP contribution in [0.25, 0.3) is 0 Å². The summed E-state index contributed by atoms with van der Waals surface area (Å²) in [5.41, 5.74) is 2.14. The summed E-state index contributed by atoms with van der Waals surface area (Å²) in [7, 11) is -2.81. The predicted molar refractivity (Wildman–Crippen MR) is 69.6 cm³/mol. The number of halogens is 1.